The number of carbonyl (C=O) groups is 2. The first kappa shape index (κ1) is 17.6. The van der Waals surface area contributed by atoms with Crippen LogP contribution in [0, 0.1) is 6.92 Å². The number of amides is 1. The van der Waals surface area contributed by atoms with E-state index >= 15 is 0 Å². The molecule has 23 heavy (non-hydrogen) atoms. The van der Waals surface area contributed by atoms with Gasteiger partial charge in [0.15, 0.2) is 0 Å². The highest BCUT2D eigenvalue weighted by atomic mass is 79.9. The summed E-state index contributed by atoms with van der Waals surface area (Å²) in [5.74, 6) is -0.799. The normalized spacial score (nSPS) is 10.3. The fraction of sp³-hybridized carbons (Fsp3) is 0.188. The van der Waals surface area contributed by atoms with Crippen molar-refractivity contribution in [2.45, 2.75) is 13.8 Å². The van der Waals surface area contributed by atoms with Crippen molar-refractivity contribution < 1.29 is 14.3 Å². The second-order valence-electron chi connectivity index (χ2n) is 4.63. The van der Waals surface area contributed by atoms with Crippen LogP contribution in [-0.2, 0) is 4.74 Å². The largest absolute Gasteiger partial charge is 0.462 e. The molecule has 0 radical (unpaired) electrons. The molecule has 1 amide bonds. The van der Waals surface area contributed by atoms with Crippen molar-refractivity contribution >= 4 is 49.4 Å². The van der Waals surface area contributed by atoms with Gasteiger partial charge in [0.05, 0.1) is 23.6 Å². The van der Waals surface area contributed by atoms with E-state index in [1.807, 2.05) is 12.1 Å². The van der Waals surface area contributed by atoms with Gasteiger partial charge in [-0.05, 0) is 60.1 Å². The molecule has 7 heteroatoms. The molecule has 1 N–H and O–H groups in total. The second kappa shape index (κ2) is 7.70. The Morgan fingerprint density at radius 3 is 2.57 bits per heavy atom. The van der Waals surface area contributed by atoms with E-state index in [1.165, 1.54) is 6.07 Å². The van der Waals surface area contributed by atoms with Crippen molar-refractivity contribution in [3.63, 3.8) is 0 Å². The first-order chi connectivity index (χ1) is 10.9. The monoisotopic (exact) mass is 440 g/mol. The number of aromatic nitrogens is 1. The van der Waals surface area contributed by atoms with Gasteiger partial charge in [-0.2, -0.15) is 0 Å². The molecule has 2 aromatic rings. The van der Waals surface area contributed by atoms with Crippen LogP contribution in [0.2, 0.25) is 0 Å². The van der Waals surface area contributed by atoms with Gasteiger partial charge in [-0.3, -0.25) is 4.79 Å². The number of pyridine rings is 1. The van der Waals surface area contributed by atoms with Gasteiger partial charge in [0.25, 0.3) is 5.91 Å². The molecule has 0 aliphatic heterocycles. The minimum absolute atomic E-state index is 0.227. The topological polar surface area (TPSA) is 68.3 Å². The van der Waals surface area contributed by atoms with Gasteiger partial charge in [0.1, 0.15) is 5.69 Å². The number of carbonyl (C=O) groups excluding carboxylic acids is 2. The lowest BCUT2D eigenvalue weighted by molar-refractivity contribution is 0.0524. The van der Waals surface area contributed by atoms with E-state index in [2.05, 4.69) is 42.2 Å². The molecule has 1 aromatic heterocycles. The zero-order valence-corrected chi connectivity index (χ0v) is 15.7. The van der Waals surface area contributed by atoms with Crippen LogP contribution in [0.1, 0.15) is 33.5 Å². The smallest absolute Gasteiger partial charge is 0.339 e. The van der Waals surface area contributed by atoms with Crippen molar-refractivity contribution in [2.75, 3.05) is 11.9 Å². The SMILES string of the molecule is CCOC(=O)c1ccc(C(=O)Nc2ccc(Br)cc2Br)nc1C. The molecule has 2 rings (SSSR count). The number of benzene rings is 1. The zero-order chi connectivity index (χ0) is 17.0. The Morgan fingerprint density at radius 2 is 1.96 bits per heavy atom. The van der Waals surface area contributed by atoms with Crippen LogP contribution < -0.4 is 5.32 Å². The van der Waals surface area contributed by atoms with Gasteiger partial charge in [-0.25, -0.2) is 9.78 Å². The Bertz CT molecular complexity index is 763. The molecule has 0 saturated carbocycles. The Labute approximate surface area is 150 Å². The average Bonchev–Trinajstić information content (AvgIpc) is 2.50. The predicted octanol–water partition coefficient (Wildman–Crippen LogP) is 4.34. The number of aryl methyl sites for hydroxylation is 1. The second-order valence-corrected chi connectivity index (χ2v) is 6.40. The number of esters is 1. The van der Waals surface area contributed by atoms with Crippen LogP contribution in [0.4, 0.5) is 5.69 Å². The number of anilines is 1. The molecule has 120 valence electrons. The molecule has 5 nitrogen and oxygen atoms in total. The summed E-state index contributed by atoms with van der Waals surface area (Å²) >= 11 is 6.74. The fourth-order valence-corrected chi connectivity index (χ4v) is 3.04. The van der Waals surface area contributed by atoms with Crippen LogP contribution in [0.15, 0.2) is 39.3 Å². The lowest BCUT2D eigenvalue weighted by atomic mass is 10.2. The standard InChI is InChI=1S/C16H14Br2N2O3/c1-3-23-16(22)11-5-7-14(19-9(11)2)15(21)20-13-6-4-10(17)8-12(13)18/h4-8H,3H2,1-2H3,(H,20,21). The average molecular weight is 442 g/mol. The molecular formula is C16H14Br2N2O3. The predicted molar refractivity (Wildman–Crippen MR) is 94.7 cm³/mol. The Hall–Kier alpha value is -1.73. The van der Waals surface area contributed by atoms with Crippen LogP contribution in [0.3, 0.4) is 0 Å². The maximum Gasteiger partial charge on any atom is 0.339 e. The van der Waals surface area contributed by atoms with E-state index in [0.717, 1.165) is 8.95 Å². The fourth-order valence-electron chi connectivity index (χ4n) is 1.89. The summed E-state index contributed by atoms with van der Waals surface area (Å²) in [5, 5.41) is 2.77. The van der Waals surface area contributed by atoms with E-state index < -0.39 is 5.97 Å². The van der Waals surface area contributed by atoms with Crippen LogP contribution in [0.25, 0.3) is 0 Å². The number of nitrogens with zero attached hydrogens (tertiary/aromatic N) is 1. The molecule has 0 bridgehead atoms. The zero-order valence-electron chi connectivity index (χ0n) is 12.5. The van der Waals surface area contributed by atoms with Gasteiger partial charge < -0.3 is 10.1 Å². The number of nitrogens with one attached hydrogen (secondary N) is 1. The highest BCUT2D eigenvalue weighted by molar-refractivity contribution is 9.11. The van der Waals surface area contributed by atoms with Crippen molar-refractivity contribution in [1.82, 2.24) is 4.98 Å². The number of hydrogen-bond acceptors (Lipinski definition) is 4. The summed E-state index contributed by atoms with van der Waals surface area (Å²) in [6, 6.07) is 8.47. The van der Waals surface area contributed by atoms with Crippen molar-refractivity contribution in [2.24, 2.45) is 0 Å². The van der Waals surface area contributed by atoms with E-state index in [9.17, 15) is 9.59 Å². The number of ether oxygens (including phenoxy) is 1. The third-order valence-electron chi connectivity index (χ3n) is 2.99. The maximum atomic E-state index is 12.3. The lowest BCUT2D eigenvalue weighted by Gasteiger charge is -2.09. The first-order valence-electron chi connectivity index (χ1n) is 6.83. The van der Waals surface area contributed by atoms with E-state index in [0.29, 0.717) is 16.9 Å². The summed E-state index contributed by atoms with van der Waals surface area (Å²) in [4.78, 5) is 28.2. The molecule has 0 saturated heterocycles. The minimum Gasteiger partial charge on any atom is -0.462 e. The summed E-state index contributed by atoms with van der Waals surface area (Å²) in [7, 11) is 0. The molecule has 0 aliphatic carbocycles. The lowest BCUT2D eigenvalue weighted by Crippen LogP contribution is -2.16. The number of rotatable bonds is 4. The Balaban J connectivity index is 2.20. The van der Waals surface area contributed by atoms with Crippen LogP contribution in [0.5, 0.6) is 0 Å². The van der Waals surface area contributed by atoms with E-state index in [4.69, 9.17) is 4.74 Å². The maximum absolute atomic E-state index is 12.3. The number of halogens is 2. The highest BCUT2D eigenvalue weighted by Gasteiger charge is 2.15. The van der Waals surface area contributed by atoms with Gasteiger partial charge in [-0.15, -0.1) is 0 Å². The molecule has 0 spiro atoms. The summed E-state index contributed by atoms with van der Waals surface area (Å²) < 4.78 is 6.59. The summed E-state index contributed by atoms with van der Waals surface area (Å²) in [6.45, 7) is 3.69. The molecule has 0 fully saturated rings. The van der Waals surface area contributed by atoms with Crippen LogP contribution in [-0.4, -0.2) is 23.5 Å². The molecule has 0 atom stereocenters. The molecule has 0 unspecified atom stereocenters. The minimum atomic E-state index is -0.444. The summed E-state index contributed by atoms with van der Waals surface area (Å²) in [5.41, 5.74) is 1.66. The van der Waals surface area contributed by atoms with Gasteiger partial charge in [0, 0.05) is 8.95 Å². The van der Waals surface area contributed by atoms with Crippen LogP contribution >= 0.6 is 31.9 Å². The van der Waals surface area contributed by atoms with Gasteiger partial charge in [0.2, 0.25) is 0 Å². The van der Waals surface area contributed by atoms with E-state index in [-0.39, 0.29) is 18.2 Å². The summed E-state index contributed by atoms with van der Waals surface area (Å²) in [6.07, 6.45) is 0. The molecule has 1 heterocycles. The number of hydrogen-bond donors (Lipinski definition) is 1. The Morgan fingerprint density at radius 1 is 1.22 bits per heavy atom. The van der Waals surface area contributed by atoms with Crippen molar-refractivity contribution in [3.8, 4) is 0 Å². The quantitative estimate of drug-likeness (QED) is 0.716. The first-order valence-corrected chi connectivity index (χ1v) is 8.42. The van der Waals surface area contributed by atoms with E-state index in [1.54, 1.807) is 26.0 Å². The van der Waals surface area contributed by atoms with Gasteiger partial charge >= 0.3 is 5.97 Å². The Kier molecular flexibility index (Phi) is 5.90. The van der Waals surface area contributed by atoms with Crippen molar-refractivity contribution in [1.29, 1.82) is 0 Å². The molecule has 1 aromatic carbocycles. The molecular weight excluding hydrogens is 428 g/mol. The highest BCUT2D eigenvalue weighted by Crippen LogP contribution is 2.26. The third-order valence-corrected chi connectivity index (χ3v) is 4.14. The third kappa shape index (κ3) is 4.39. The van der Waals surface area contributed by atoms with Gasteiger partial charge in [-0.1, -0.05) is 15.9 Å². The van der Waals surface area contributed by atoms with Crippen molar-refractivity contribution in [3.05, 3.63) is 56.2 Å². The molecule has 0 aliphatic rings.